The van der Waals surface area contributed by atoms with Crippen LogP contribution in [0.5, 0.6) is 5.75 Å². The van der Waals surface area contributed by atoms with Crippen LogP contribution in [0.2, 0.25) is 0 Å². The van der Waals surface area contributed by atoms with Crippen molar-refractivity contribution in [1.29, 1.82) is 0 Å². The molecule has 24 heavy (non-hydrogen) atoms. The molecule has 2 aromatic carbocycles. The number of carboxylic acid groups (broad SMARTS) is 1. The smallest absolute Gasteiger partial charge is 0.335 e. The number of hydrogen-bond donors (Lipinski definition) is 2. The minimum absolute atomic E-state index is 0.00882. The van der Waals surface area contributed by atoms with Gasteiger partial charge in [0.2, 0.25) is 5.43 Å². The zero-order valence-electron chi connectivity index (χ0n) is 12.1. The number of rotatable bonds is 3. The fourth-order valence-electron chi connectivity index (χ4n) is 2.34. The van der Waals surface area contributed by atoms with E-state index < -0.39 is 26.4 Å². The second-order valence-corrected chi connectivity index (χ2v) is 6.35. The zero-order valence-corrected chi connectivity index (χ0v) is 13.0. The van der Waals surface area contributed by atoms with Crippen molar-refractivity contribution in [3.05, 3.63) is 46.1 Å². The number of hydrogen-bond acceptors (Lipinski definition) is 6. The Bertz CT molecular complexity index is 1160. The van der Waals surface area contributed by atoms with Gasteiger partial charge >= 0.3 is 5.97 Å². The fourth-order valence-corrected chi connectivity index (χ4v) is 2.86. The van der Waals surface area contributed by atoms with Crippen LogP contribution in [0.3, 0.4) is 0 Å². The molecule has 0 radical (unpaired) electrons. The van der Waals surface area contributed by atoms with E-state index in [1.807, 2.05) is 0 Å². The molecule has 0 aliphatic heterocycles. The van der Waals surface area contributed by atoms with E-state index in [1.165, 1.54) is 19.2 Å². The van der Waals surface area contributed by atoms with Gasteiger partial charge in [0.1, 0.15) is 5.58 Å². The molecule has 0 bridgehead atoms. The molecule has 0 saturated heterocycles. The number of aromatic carboxylic acids is 1. The van der Waals surface area contributed by atoms with Crippen molar-refractivity contribution in [3.8, 4) is 5.75 Å². The quantitative estimate of drug-likeness (QED) is 0.541. The third kappa shape index (κ3) is 2.49. The summed E-state index contributed by atoms with van der Waals surface area (Å²) in [5.41, 5.74) is -0.647. The summed E-state index contributed by atoms with van der Waals surface area (Å²) in [4.78, 5) is 23.1. The maximum Gasteiger partial charge on any atom is 0.335 e. The van der Waals surface area contributed by atoms with Crippen molar-refractivity contribution in [1.82, 2.24) is 0 Å². The number of ether oxygens (including phenoxy) is 1. The first-order chi connectivity index (χ1) is 11.2. The molecule has 9 heteroatoms. The van der Waals surface area contributed by atoms with Gasteiger partial charge in [0.05, 0.1) is 28.3 Å². The average molecular weight is 350 g/mol. The van der Waals surface area contributed by atoms with Crippen LogP contribution < -0.4 is 10.2 Å². The van der Waals surface area contributed by atoms with Crippen LogP contribution in [-0.4, -0.2) is 31.2 Å². The average Bonchev–Trinajstić information content (AvgIpc) is 2.53. The monoisotopic (exact) mass is 350 g/mol. The number of benzene rings is 2. The standard InChI is InChI=1S/C15H10O8S/c1-22-12-6-8(24(19,20)21)5-10-13(16)9-4-7(15(17)18)2-3-11(9)23-14(10)12/h2-6H,1H3,(H,17,18)(H,19,20,21). The van der Waals surface area contributed by atoms with E-state index >= 15 is 0 Å². The van der Waals surface area contributed by atoms with Gasteiger partial charge in [-0.2, -0.15) is 8.42 Å². The Labute approximate surface area is 134 Å². The highest BCUT2D eigenvalue weighted by atomic mass is 32.2. The molecular weight excluding hydrogens is 340 g/mol. The van der Waals surface area contributed by atoms with Gasteiger partial charge in [-0.05, 0) is 24.3 Å². The normalized spacial score (nSPS) is 11.8. The topological polar surface area (TPSA) is 131 Å². The lowest BCUT2D eigenvalue weighted by atomic mass is 10.1. The van der Waals surface area contributed by atoms with Crippen LogP contribution >= 0.6 is 0 Å². The first-order valence-corrected chi connectivity index (χ1v) is 7.96. The molecule has 2 N–H and O–H groups in total. The predicted octanol–water partition coefficient (Wildman–Crippen LogP) is 1.90. The summed E-state index contributed by atoms with van der Waals surface area (Å²) in [5, 5.41) is 8.83. The third-order valence-corrected chi connectivity index (χ3v) is 4.31. The van der Waals surface area contributed by atoms with E-state index in [1.54, 1.807) is 0 Å². The highest BCUT2D eigenvalue weighted by Crippen LogP contribution is 2.30. The van der Waals surface area contributed by atoms with Crippen LogP contribution in [0.4, 0.5) is 0 Å². The fraction of sp³-hybridized carbons (Fsp3) is 0.0667. The van der Waals surface area contributed by atoms with Gasteiger partial charge in [-0.25, -0.2) is 4.79 Å². The summed E-state index contributed by atoms with van der Waals surface area (Å²) < 4.78 is 42.5. The van der Waals surface area contributed by atoms with Crippen LogP contribution in [0.15, 0.2) is 44.4 Å². The summed E-state index contributed by atoms with van der Waals surface area (Å²) in [6.07, 6.45) is 0. The van der Waals surface area contributed by atoms with Crippen LogP contribution in [0.1, 0.15) is 10.4 Å². The Morgan fingerprint density at radius 3 is 2.46 bits per heavy atom. The second-order valence-electron chi connectivity index (χ2n) is 4.92. The molecule has 3 aromatic rings. The number of fused-ring (bicyclic) bond motifs is 2. The van der Waals surface area contributed by atoms with Gasteiger partial charge in [-0.15, -0.1) is 0 Å². The van der Waals surface area contributed by atoms with Crippen molar-refractivity contribution in [2.24, 2.45) is 0 Å². The molecule has 0 aliphatic rings. The molecule has 0 saturated carbocycles. The van der Waals surface area contributed by atoms with Crippen molar-refractivity contribution in [2.75, 3.05) is 7.11 Å². The Morgan fingerprint density at radius 2 is 1.88 bits per heavy atom. The summed E-state index contributed by atoms with van der Waals surface area (Å²) in [6, 6.07) is 5.72. The minimum atomic E-state index is -4.57. The molecule has 1 aromatic heterocycles. The maximum absolute atomic E-state index is 12.6. The van der Waals surface area contributed by atoms with Gasteiger partial charge in [0, 0.05) is 6.07 Å². The van der Waals surface area contributed by atoms with Crippen molar-refractivity contribution in [3.63, 3.8) is 0 Å². The lowest BCUT2D eigenvalue weighted by Crippen LogP contribution is -2.07. The largest absolute Gasteiger partial charge is 0.493 e. The lowest BCUT2D eigenvalue weighted by molar-refractivity contribution is 0.0697. The molecule has 0 spiro atoms. The van der Waals surface area contributed by atoms with E-state index in [0.717, 1.165) is 18.2 Å². The Hall–Kier alpha value is -2.91. The summed E-state index contributed by atoms with van der Waals surface area (Å²) >= 11 is 0. The summed E-state index contributed by atoms with van der Waals surface area (Å²) in [6.45, 7) is 0. The molecule has 0 aliphatic carbocycles. The van der Waals surface area contributed by atoms with Crippen molar-refractivity contribution >= 4 is 38.0 Å². The Kier molecular flexibility index (Phi) is 3.54. The Morgan fingerprint density at radius 1 is 1.17 bits per heavy atom. The number of carbonyl (C=O) groups is 1. The van der Waals surface area contributed by atoms with Crippen molar-refractivity contribution in [2.45, 2.75) is 4.90 Å². The molecule has 8 nitrogen and oxygen atoms in total. The number of carboxylic acids is 1. The minimum Gasteiger partial charge on any atom is -0.493 e. The summed E-state index contributed by atoms with van der Waals surface area (Å²) in [7, 11) is -3.32. The van der Waals surface area contributed by atoms with E-state index in [0.29, 0.717) is 0 Å². The molecule has 3 rings (SSSR count). The first kappa shape index (κ1) is 16.0. The first-order valence-electron chi connectivity index (χ1n) is 6.52. The van der Waals surface area contributed by atoms with E-state index in [-0.39, 0.29) is 33.3 Å². The maximum atomic E-state index is 12.6. The molecule has 0 fully saturated rings. The Balaban J connectivity index is 2.51. The second kappa shape index (κ2) is 5.32. The molecule has 0 amide bonds. The van der Waals surface area contributed by atoms with Gasteiger partial charge in [0.15, 0.2) is 11.3 Å². The van der Waals surface area contributed by atoms with Gasteiger partial charge < -0.3 is 14.3 Å². The van der Waals surface area contributed by atoms with Crippen LogP contribution in [-0.2, 0) is 10.1 Å². The highest BCUT2D eigenvalue weighted by Gasteiger charge is 2.19. The van der Waals surface area contributed by atoms with Crippen molar-refractivity contribution < 1.29 is 32.0 Å². The van der Waals surface area contributed by atoms with E-state index in [9.17, 15) is 22.6 Å². The van der Waals surface area contributed by atoms with E-state index in [2.05, 4.69) is 0 Å². The molecule has 1 heterocycles. The SMILES string of the molecule is COc1cc(S(=O)(=O)O)cc2c(=O)c3cc(C(=O)O)ccc3oc12. The van der Waals surface area contributed by atoms with E-state index in [4.69, 9.17) is 14.3 Å². The predicted molar refractivity (Wildman–Crippen MR) is 83.3 cm³/mol. The lowest BCUT2D eigenvalue weighted by Gasteiger charge is -2.08. The van der Waals surface area contributed by atoms with Crippen LogP contribution in [0.25, 0.3) is 21.9 Å². The highest BCUT2D eigenvalue weighted by molar-refractivity contribution is 7.85. The molecule has 0 unspecified atom stereocenters. The number of methoxy groups -OCH3 is 1. The molecular formula is C15H10O8S. The third-order valence-electron chi connectivity index (χ3n) is 3.47. The molecule has 0 atom stereocenters. The molecule has 124 valence electrons. The van der Waals surface area contributed by atoms with Gasteiger partial charge in [0.25, 0.3) is 10.1 Å². The van der Waals surface area contributed by atoms with Crippen LogP contribution in [0, 0.1) is 0 Å². The summed E-state index contributed by atoms with van der Waals surface area (Å²) in [5.74, 6) is -1.28. The van der Waals surface area contributed by atoms with Gasteiger partial charge in [-0.3, -0.25) is 9.35 Å². The zero-order chi connectivity index (χ0) is 17.6. The van der Waals surface area contributed by atoms with Gasteiger partial charge in [-0.1, -0.05) is 0 Å².